The number of benzene rings is 2. The number of thioether (sulfide) groups is 1. The lowest BCUT2D eigenvalue weighted by atomic mass is 9.84. The van der Waals surface area contributed by atoms with Crippen LogP contribution in [0.2, 0.25) is 0 Å². The highest BCUT2D eigenvalue weighted by Crippen LogP contribution is 2.44. The molecule has 2 aromatic carbocycles. The van der Waals surface area contributed by atoms with Crippen LogP contribution in [0.1, 0.15) is 28.3 Å². The zero-order valence-corrected chi connectivity index (χ0v) is 17.5. The summed E-state index contributed by atoms with van der Waals surface area (Å²) in [5.74, 6) is 0.890. The van der Waals surface area contributed by atoms with Gasteiger partial charge in [0.05, 0.1) is 17.2 Å². The number of rotatable bonds is 4. The van der Waals surface area contributed by atoms with Gasteiger partial charge < -0.3 is 10.5 Å². The van der Waals surface area contributed by atoms with Crippen molar-refractivity contribution in [3.8, 4) is 11.9 Å². The Morgan fingerprint density at radius 3 is 2.79 bits per heavy atom. The number of aryl methyl sites for hydroxylation is 1. The van der Waals surface area contributed by atoms with Crippen molar-refractivity contribution in [2.45, 2.75) is 23.5 Å². The van der Waals surface area contributed by atoms with Crippen molar-refractivity contribution in [3.05, 3.63) is 86.8 Å². The standard InChI is InChI=1S/C21H17BrN4OS/c1-12-5-7-15(8-6-12)28-11-17-19-18(13-3-2-4-14(22)9-13)16(10-23)20(24)27-21(19)26-25-17/h2-9,18H,11,24H2,1H3,(H,25,26). The van der Waals surface area contributed by atoms with Crippen molar-refractivity contribution in [2.24, 2.45) is 5.73 Å². The van der Waals surface area contributed by atoms with E-state index >= 15 is 0 Å². The molecule has 3 aromatic rings. The minimum absolute atomic E-state index is 0.101. The highest BCUT2D eigenvalue weighted by Gasteiger charge is 2.35. The van der Waals surface area contributed by atoms with Gasteiger partial charge in [0.15, 0.2) is 0 Å². The number of hydrogen-bond donors (Lipinski definition) is 2. The molecule has 0 radical (unpaired) electrons. The van der Waals surface area contributed by atoms with Crippen molar-refractivity contribution in [1.29, 1.82) is 5.26 Å². The van der Waals surface area contributed by atoms with Crippen LogP contribution in [0, 0.1) is 18.3 Å². The SMILES string of the molecule is Cc1ccc(SCc2[nH]nc3c2C(c2cccc(Br)c2)C(C#N)=C(N)O3)cc1. The molecule has 2 heterocycles. The van der Waals surface area contributed by atoms with Crippen LogP contribution in [0.5, 0.6) is 5.88 Å². The van der Waals surface area contributed by atoms with Crippen molar-refractivity contribution in [1.82, 2.24) is 10.2 Å². The second kappa shape index (κ2) is 7.74. The van der Waals surface area contributed by atoms with Crippen LogP contribution in [-0.2, 0) is 5.75 Å². The van der Waals surface area contributed by atoms with E-state index in [1.807, 2.05) is 24.3 Å². The van der Waals surface area contributed by atoms with Crippen molar-refractivity contribution >= 4 is 27.7 Å². The molecule has 5 nitrogen and oxygen atoms in total. The lowest BCUT2D eigenvalue weighted by Gasteiger charge is -2.24. The van der Waals surface area contributed by atoms with Crippen molar-refractivity contribution < 1.29 is 4.74 Å². The number of allylic oxidation sites excluding steroid dienone is 1. The summed E-state index contributed by atoms with van der Waals surface area (Å²) in [4.78, 5) is 1.17. The van der Waals surface area contributed by atoms with Crippen molar-refractivity contribution in [3.63, 3.8) is 0 Å². The second-order valence-electron chi connectivity index (χ2n) is 6.50. The van der Waals surface area contributed by atoms with Gasteiger partial charge in [-0.25, -0.2) is 0 Å². The van der Waals surface area contributed by atoms with Gasteiger partial charge in [-0.05, 0) is 36.8 Å². The number of hydrogen-bond acceptors (Lipinski definition) is 5. The maximum atomic E-state index is 9.73. The summed E-state index contributed by atoms with van der Waals surface area (Å²) in [7, 11) is 0. The highest BCUT2D eigenvalue weighted by atomic mass is 79.9. The zero-order valence-electron chi connectivity index (χ0n) is 15.1. The van der Waals surface area contributed by atoms with Crippen LogP contribution >= 0.6 is 27.7 Å². The molecule has 0 aliphatic carbocycles. The summed E-state index contributed by atoms with van der Waals surface area (Å²) in [6, 6.07) is 18.5. The molecule has 0 fully saturated rings. The van der Waals surface area contributed by atoms with Crippen molar-refractivity contribution in [2.75, 3.05) is 0 Å². The Balaban J connectivity index is 1.73. The Morgan fingerprint density at radius 2 is 2.07 bits per heavy atom. The summed E-state index contributed by atoms with van der Waals surface area (Å²) >= 11 is 5.22. The first-order valence-corrected chi connectivity index (χ1v) is 10.4. The number of aromatic nitrogens is 2. The first-order valence-electron chi connectivity index (χ1n) is 8.66. The Labute approximate surface area is 175 Å². The molecular formula is C21H17BrN4OS. The molecule has 7 heteroatoms. The van der Waals surface area contributed by atoms with E-state index in [1.165, 1.54) is 10.5 Å². The highest BCUT2D eigenvalue weighted by molar-refractivity contribution is 9.10. The van der Waals surface area contributed by atoms with Gasteiger partial charge in [0.1, 0.15) is 11.6 Å². The van der Waals surface area contributed by atoms with Gasteiger partial charge in [-0.3, -0.25) is 5.10 Å². The average molecular weight is 453 g/mol. The summed E-state index contributed by atoms with van der Waals surface area (Å²) < 4.78 is 6.58. The fourth-order valence-corrected chi connectivity index (χ4v) is 4.50. The molecule has 0 amide bonds. The molecule has 1 aliphatic rings. The molecule has 0 saturated heterocycles. The molecule has 4 rings (SSSR count). The number of nitrogens with zero attached hydrogens (tertiary/aromatic N) is 2. The van der Waals surface area contributed by atoms with Crippen LogP contribution in [0.3, 0.4) is 0 Å². The molecule has 140 valence electrons. The van der Waals surface area contributed by atoms with Crippen LogP contribution in [0.25, 0.3) is 0 Å². The quantitative estimate of drug-likeness (QED) is 0.544. The van der Waals surface area contributed by atoms with Gasteiger partial charge in [-0.2, -0.15) is 5.26 Å². The van der Waals surface area contributed by atoms with E-state index in [0.29, 0.717) is 17.2 Å². The van der Waals surface area contributed by atoms with Gasteiger partial charge in [0.2, 0.25) is 11.8 Å². The number of nitriles is 1. The Kier molecular flexibility index (Phi) is 5.16. The summed E-state index contributed by atoms with van der Waals surface area (Å²) in [5.41, 5.74) is 10.4. The molecule has 1 unspecified atom stereocenters. The molecular weight excluding hydrogens is 436 g/mol. The second-order valence-corrected chi connectivity index (χ2v) is 8.47. The van der Waals surface area contributed by atoms with Gasteiger partial charge >= 0.3 is 0 Å². The fraction of sp³-hybridized carbons (Fsp3) is 0.143. The molecule has 1 aliphatic heterocycles. The normalized spacial score (nSPS) is 15.7. The molecule has 28 heavy (non-hydrogen) atoms. The minimum Gasteiger partial charge on any atom is -0.420 e. The van der Waals surface area contributed by atoms with Crippen LogP contribution < -0.4 is 10.5 Å². The van der Waals surface area contributed by atoms with E-state index in [0.717, 1.165) is 21.3 Å². The fourth-order valence-electron chi connectivity index (χ4n) is 3.23. The lowest BCUT2D eigenvalue weighted by molar-refractivity contribution is 0.379. The van der Waals surface area contributed by atoms with Gasteiger partial charge in [0, 0.05) is 15.1 Å². The first-order chi connectivity index (χ1) is 13.6. The Hall–Kier alpha value is -2.69. The number of halogens is 1. The predicted octanol–water partition coefficient (Wildman–Crippen LogP) is 4.99. The first kappa shape index (κ1) is 18.7. The molecule has 3 N–H and O–H groups in total. The maximum Gasteiger partial charge on any atom is 0.244 e. The van der Waals surface area contributed by atoms with E-state index in [2.05, 4.69) is 63.4 Å². The Bertz CT molecular complexity index is 1100. The third-order valence-electron chi connectivity index (χ3n) is 4.60. The van der Waals surface area contributed by atoms with E-state index in [9.17, 15) is 5.26 Å². The topological polar surface area (TPSA) is 87.7 Å². The minimum atomic E-state index is -0.321. The van der Waals surface area contributed by atoms with Gasteiger partial charge in [-0.15, -0.1) is 16.9 Å². The number of aromatic amines is 1. The number of H-pyrrole nitrogens is 1. The third-order valence-corrected chi connectivity index (χ3v) is 6.14. The van der Waals surface area contributed by atoms with E-state index in [4.69, 9.17) is 10.5 Å². The van der Waals surface area contributed by atoms with Crippen LogP contribution in [0.15, 0.2) is 69.4 Å². The van der Waals surface area contributed by atoms with Gasteiger partial charge in [-0.1, -0.05) is 45.8 Å². The predicted molar refractivity (Wildman–Crippen MR) is 113 cm³/mol. The van der Waals surface area contributed by atoms with Gasteiger partial charge in [0.25, 0.3) is 0 Å². The molecule has 1 aromatic heterocycles. The summed E-state index contributed by atoms with van der Waals surface area (Å²) in [6.07, 6.45) is 0. The third kappa shape index (κ3) is 3.53. The number of fused-ring (bicyclic) bond motifs is 1. The lowest BCUT2D eigenvalue weighted by Crippen LogP contribution is -2.21. The van der Waals surface area contributed by atoms with E-state index < -0.39 is 0 Å². The molecule has 0 saturated carbocycles. The largest absolute Gasteiger partial charge is 0.420 e. The van der Waals surface area contributed by atoms with E-state index in [1.54, 1.807) is 11.8 Å². The Morgan fingerprint density at radius 1 is 1.29 bits per heavy atom. The smallest absolute Gasteiger partial charge is 0.244 e. The maximum absolute atomic E-state index is 9.73. The summed E-state index contributed by atoms with van der Waals surface area (Å²) in [5, 5.41) is 17.1. The van der Waals surface area contributed by atoms with E-state index in [-0.39, 0.29) is 11.8 Å². The molecule has 1 atom stereocenters. The number of ether oxygens (including phenoxy) is 1. The van der Waals surface area contributed by atoms with Crippen LogP contribution in [-0.4, -0.2) is 10.2 Å². The number of nitrogens with two attached hydrogens (primary N) is 1. The molecule has 0 bridgehead atoms. The average Bonchev–Trinajstić information content (AvgIpc) is 3.08. The monoisotopic (exact) mass is 452 g/mol. The molecule has 0 spiro atoms. The zero-order chi connectivity index (χ0) is 19.7. The van der Waals surface area contributed by atoms with Crippen LogP contribution in [0.4, 0.5) is 0 Å². The summed E-state index contributed by atoms with van der Waals surface area (Å²) in [6.45, 7) is 2.07. The number of nitrogens with one attached hydrogen (secondary N) is 1.